The Hall–Kier alpha value is -1.11. The molecule has 0 aromatic rings. The first-order chi connectivity index (χ1) is 7.33. The highest BCUT2D eigenvalue weighted by molar-refractivity contribution is 7.92. The van der Waals surface area contributed by atoms with Crippen LogP contribution in [0.2, 0.25) is 0 Å². The largest absolute Gasteiger partial charge is 0.468 e. The first-order valence-corrected chi connectivity index (χ1v) is 6.49. The van der Waals surface area contributed by atoms with Crippen molar-refractivity contribution in [2.24, 2.45) is 0 Å². The van der Waals surface area contributed by atoms with Gasteiger partial charge in [0.15, 0.2) is 9.84 Å². The molecule has 0 aliphatic rings. The summed E-state index contributed by atoms with van der Waals surface area (Å²) in [6, 6.07) is 0. The van der Waals surface area contributed by atoms with Crippen LogP contribution in [0.4, 0.5) is 0 Å². The molecule has 0 fully saturated rings. The van der Waals surface area contributed by atoms with Crippen LogP contribution in [0.5, 0.6) is 0 Å². The number of ether oxygens (including phenoxy) is 2. The summed E-state index contributed by atoms with van der Waals surface area (Å²) in [5.41, 5.74) is 0. The van der Waals surface area contributed by atoms with Crippen molar-refractivity contribution in [1.29, 1.82) is 0 Å². The lowest BCUT2D eigenvalue weighted by Crippen LogP contribution is -2.28. The van der Waals surface area contributed by atoms with Crippen molar-refractivity contribution in [3.8, 4) is 0 Å². The first-order valence-electron chi connectivity index (χ1n) is 4.77. The normalized spacial score (nSPS) is 12.9. The average molecular weight is 252 g/mol. The Labute approximate surface area is 94.8 Å². The molecule has 0 heterocycles. The van der Waals surface area contributed by atoms with Crippen LogP contribution in [0.3, 0.4) is 0 Å². The smallest absolute Gasteiger partial charge is 0.320 e. The molecule has 0 aliphatic heterocycles. The van der Waals surface area contributed by atoms with Crippen molar-refractivity contribution in [2.75, 3.05) is 19.5 Å². The predicted octanol–water partition coefficient (Wildman–Crippen LogP) is -0.0841. The number of hydrogen-bond acceptors (Lipinski definition) is 6. The van der Waals surface area contributed by atoms with Crippen LogP contribution in [-0.2, 0) is 28.9 Å². The van der Waals surface area contributed by atoms with E-state index in [9.17, 15) is 18.0 Å². The second-order valence-corrected chi connectivity index (χ2v) is 5.62. The van der Waals surface area contributed by atoms with Gasteiger partial charge in [0.1, 0.15) is 5.75 Å². The fourth-order valence-corrected chi connectivity index (χ4v) is 2.07. The van der Waals surface area contributed by atoms with E-state index in [0.717, 1.165) is 7.11 Å². The van der Waals surface area contributed by atoms with Crippen LogP contribution in [0.1, 0.15) is 20.3 Å². The molecule has 0 amide bonds. The van der Waals surface area contributed by atoms with Gasteiger partial charge in [-0.15, -0.1) is 0 Å². The molecule has 0 aliphatic carbocycles. The molecule has 0 rings (SSSR count). The van der Waals surface area contributed by atoms with Gasteiger partial charge in [-0.3, -0.25) is 9.59 Å². The minimum absolute atomic E-state index is 0.197. The Morgan fingerprint density at radius 2 is 1.81 bits per heavy atom. The minimum atomic E-state index is -3.66. The molecule has 16 heavy (non-hydrogen) atoms. The Balaban J connectivity index is 4.41. The van der Waals surface area contributed by atoms with Gasteiger partial charge < -0.3 is 9.47 Å². The van der Waals surface area contributed by atoms with E-state index in [1.165, 1.54) is 6.92 Å². The summed E-state index contributed by atoms with van der Waals surface area (Å²) in [6.07, 6.45) is -0.257. The summed E-state index contributed by atoms with van der Waals surface area (Å²) in [4.78, 5) is 21.9. The molecule has 0 N–H and O–H groups in total. The van der Waals surface area contributed by atoms with E-state index in [1.54, 1.807) is 6.92 Å². The average Bonchev–Trinajstić information content (AvgIpc) is 2.17. The second kappa shape index (κ2) is 6.47. The third-order valence-electron chi connectivity index (χ3n) is 1.92. The minimum Gasteiger partial charge on any atom is -0.468 e. The van der Waals surface area contributed by atoms with Gasteiger partial charge in [0.2, 0.25) is 0 Å². The molecule has 0 bridgehead atoms. The van der Waals surface area contributed by atoms with E-state index in [1.807, 2.05) is 0 Å². The standard InChI is InChI=1S/C9H16O6S/c1-4-15-8(10)5-7(2)16(12,13)6-9(11)14-3/h7H,4-6H2,1-3H3. The molecule has 0 aromatic heterocycles. The lowest BCUT2D eigenvalue weighted by molar-refractivity contribution is -0.143. The molecule has 0 saturated carbocycles. The fourth-order valence-electron chi connectivity index (χ4n) is 0.947. The Kier molecular flexibility index (Phi) is 6.02. The van der Waals surface area contributed by atoms with Crippen molar-refractivity contribution in [2.45, 2.75) is 25.5 Å². The Morgan fingerprint density at radius 3 is 2.25 bits per heavy atom. The predicted molar refractivity (Wildman–Crippen MR) is 56.5 cm³/mol. The number of esters is 2. The molecule has 0 aromatic carbocycles. The highest BCUT2D eigenvalue weighted by atomic mass is 32.2. The number of sulfone groups is 1. The molecule has 7 heteroatoms. The van der Waals surface area contributed by atoms with Crippen LogP contribution in [0.25, 0.3) is 0 Å². The van der Waals surface area contributed by atoms with Gasteiger partial charge in [0.05, 0.1) is 25.4 Å². The van der Waals surface area contributed by atoms with E-state index in [0.29, 0.717) is 0 Å². The maximum atomic E-state index is 11.5. The zero-order valence-electron chi connectivity index (χ0n) is 9.56. The van der Waals surface area contributed by atoms with Crippen molar-refractivity contribution >= 4 is 21.8 Å². The highest BCUT2D eigenvalue weighted by Gasteiger charge is 2.27. The monoisotopic (exact) mass is 252 g/mol. The van der Waals surface area contributed by atoms with E-state index in [-0.39, 0.29) is 13.0 Å². The number of carbonyl (C=O) groups is 2. The maximum Gasteiger partial charge on any atom is 0.320 e. The van der Waals surface area contributed by atoms with Crippen LogP contribution >= 0.6 is 0 Å². The van der Waals surface area contributed by atoms with Gasteiger partial charge in [-0.1, -0.05) is 0 Å². The van der Waals surface area contributed by atoms with Crippen molar-refractivity contribution < 1.29 is 27.5 Å². The number of carbonyl (C=O) groups excluding carboxylic acids is 2. The topological polar surface area (TPSA) is 86.7 Å². The molecule has 0 radical (unpaired) electrons. The van der Waals surface area contributed by atoms with Gasteiger partial charge in [-0.25, -0.2) is 8.42 Å². The molecule has 6 nitrogen and oxygen atoms in total. The summed E-state index contributed by atoms with van der Waals surface area (Å²) in [7, 11) is -2.56. The molecular weight excluding hydrogens is 236 g/mol. The zero-order valence-corrected chi connectivity index (χ0v) is 10.4. The summed E-state index contributed by atoms with van der Waals surface area (Å²) in [5.74, 6) is -2.15. The van der Waals surface area contributed by atoms with Crippen LogP contribution in [-0.4, -0.2) is 45.1 Å². The molecule has 1 unspecified atom stereocenters. The molecule has 94 valence electrons. The van der Waals surface area contributed by atoms with E-state index >= 15 is 0 Å². The van der Waals surface area contributed by atoms with Crippen molar-refractivity contribution in [3.05, 3.63) is 0 Å². The zero-order chi connectivity index (χ0) is 12.8. The first kappa shape index (κ1) is 14.9. The van der Waals surface area contributed by atoms with Gasteiger partial charge in [-0.2, -0.15) is 0 Å². The quantitative estimate of drug-likeness (QED) is 0.614. The molecular formula is C9H16O6S. The van der Waals surface area contributed by atoms with Crippen molar-refractivity contribution in [1.82, 2.24) is 0 Å². The van der Waals surface area contributed by atoms with Gasteiger partial charge in [-0.05, 0) is 13.8 Å². The molecule has 0 spiro atoms. The second-order valence-electron chi connectivity index (χ2n) is 3.20. The van der Waals surface area contributed by atoms with Gasteiger partial charge >= 0.3 is 11.9 Å². The van der Waals surface area contributed by atoms with Gasteiger partial charge in [0.25, 0.3) is 0 Å². The van der Waals surface area contributed by atoms with E-state index in [4.69, 9.17) is 0 Å². The van der Waals surface area contributed by atoms with Crippen LogP contribution < -0.4 is 0 Å². The van der Waals surface area contributed by atoms with Gasteiger partial charge in [0, 0.05) is 0 Å². The molecule has 1 atom stereocenters. The van der Waals surface area contributed by atoms with Crippen molar-refractivity contribution in [3.63, 3.8) is 0 Å². The fraction of sp³-hybridized carbons (Fsp3) is 0.778. The summed E-state index contributed by atoms with van der Waals surface area (Å²) < 4.78 is 31.9. The number of hydrogen-bond donors (Lipinski definition) is 0. The molecule has 0 saturated heterocycles. The third-order valence-corrected chi connectivity index (χ3v) is 3.95. The Bertz CT molecular complexity index is 345. The SMILES string of the molecule is CCOC(=O)CC(C)S(=O)(=O)CC(=O)OC. The summed E-state index contributed by atoms with van der Waals surface area (Å²) in [6.45, 7) is 3.18. The summed E-state index contributed by atoms with van der Waals surface area (Å²) >= 11 is 0. The summed E-state index contributed by atoms with van der Waals surface area (Å²) in [5, 5.41) is -0.953. The Morgan fingerprint density at radius 1 is 1.25 bits per heavy atom. The van der Waals surface area contributed by atoms with Crippen LogP contribution in [0.15, 0.2) is 0 Å². The lowest BCUT2D eigenvalue weighted by Gasteiger charge is -2.10. The van der Waals surface area contributed by atoms with Crippen LogP contribution in [0, 0.1) is 0 Å². The third kappa shape index (κ3) is 5.11. The number of methoxy groups -OCH3 is 1. The number of rotatable bonds is 6. The highest BCUT2D eigenvalue weighted by Crippen LogP contribution is 2.08. The van der Waals surface area contributed by atoms with E-state index in [2.05, 4.69) is 9.47 Å². The maximum absolute atomic E-state index is 11.5. The lowest BCUT2D eigenvalue weighted by atomic mass is 10.3. The van der Waals surface area contributed by atoms with E-state index < -0.39 is 32.8 Å².